The van der Waals surface area contributed by atoms with Crippen LogP contribution < -0.4 is 19.1 Å². The molecule has 0 unspecified atom stereocenters. The van der Waals surface area contributed by atoms with E-state index in [9.17, 15) is 0 Å². The third-order valence-electron chi connectivity index (χ3n) is 9.11. The van der Waals surface area contributed by atoms with E-state index in [0.717, 1.165) is 49.2 Å². The minimum atomic E-state index is 0.326. The summed E-state index contributed by atoms with van der Waals surface area (Å²) in [6.45, 7) is 6.00. The average Bonchev–Trinajstić information content (AvgIpc) is 3.58. The number of piperidine rings is 1. The van der Waals surface area contributed by atoms with Gasteiger partial charge < -0.3 is 24.0 Å². The maximum Gasteiger partial charge on any atom is 0.231 e. The zero-order valence-electron chi connectivity index (χ0n) is 21.0. The third kappa shape index (κ3) is 3.41. The summed E-state index contributed by atoms with van der Waals surface area (Å²) in [5.74, 6) is 4.31. The number of benzene rings is 2. The van der Waals surface area contributed by atoms with E-state index in [1.54, 1.807) is 0 Å². The summed E-state index contributed by atoms with van der Waals surface area (Å²) >= 11 is 0. The van der Waals surface area contributed by atoms with E-state index in [1.807, 2.05) is 7.11 Å². The lowest BCUT2D eigenvalue weighted by atomic mass is 9.79. The van der Waals surface area contributed by atoms with E-state index in [2.05, 4.69) is 47.1 Å². The van der Waals surface area contributed by atoms with Gasteiger partial charge in [0.05, 0.1) is 18.8 Å². The Balaban J connectivity index is 1.41. The van der Waals surface area contributed by atoms with Gasteiger partial charge in [-0.2, -0.15) is 0 Å². The smallest absolute Gasteiger partial charge is 0.231 e. The molecule has 4 heterocycles. The van der Waals surface area contributed by atoms with Crippen molar-refractivity contribution in [2.45, 2.75) is 57.9 Å². The van der Waals surface area contributed by atoms with E-state index >= 15 is 0 Å². The Bertz CT molecular complexity index is 1170. The van der Waals surface area contributed by atoms with Crippen molar-refractivity contribution in [1.29, 1.82) is 0 Å². The standard InChI is InChI=1S/C30H36N2O3/c1-19-9-12-31(13-10-19)30-25(33-2)8-7-22-15-24-23-17-27-26(34-18-35-27)16-21(23)11-14-32(24)29(28(22)30)20-5-3-4-6-20/h7-8,15-17,19-20,29H,3-6,9-14,18H2,1-2H3/t29-/m1/s1. The molecule has 1 saturated heterocycles. The van der Waals surface area contributed by atoms with Gasteiger partial charge in [-0.3, -0.25) is 0 Å². The summed E-state index contributed by atoms with van der Waals surface area (Å²) in [6.07, 6.45) is 11.3. The van der Waals surface area contributed by atoms with E-state index in [4.69, 9.17) is 14.2 Å². The molecule has 0 aromatic heterocycles. The molecular formula is C30H36N2O3. The normalized spacial score (nSPS) is 23.6. The Morgan fingerprint density at radius 1 is 0.943 bits per heavy atom. The van der Waals surface area contributed by atoms with Gasteiger partial charge in [-0.1, -0.05) is 25.8 Å². The molecule has 184 valence electrons. The average molecular weight is 473 g/mol. The fraction of sp³-hybridized carbons (Fsp3) is 0.533. The molecular weight excluding hydrogens is 436 g/mol. The van der Waals surface area contributed by atoms with Gasteiger partial charge in [0.1, 0.15) is 5.75 Å². The summed E-state index contributed by atoms with van der Waals surface area (Å²) in [5.41, 5.74) is 8.30. The van der Waals surface area contributed by atoms with Crippen molar-refractivity contribution in [3.8, 4) is 17.2 Å². The lowest BCUT2D eigenvalue weighted by molar-refractivity contribution is 0.174. The number of anilines is 1. The van der Waals surface area contributed by atoms with Crippen molar-refractivity contribution < 1.29 is 14.2 Å². The largest absolute Gasteiger partial charge is 0.495 e. The first-order chi connectivity index (χ1) is 17.2. The minimum absolute atomic E-state index is 0.326. The second-order valence-electron chi connectivity index (χ2n) is 11.1. The van der Waals surface area contributed by atoms with Gasteiger partial charge in [-0.05, 0) is 79.3 Å². The molecule has 1 saturated carbocycles. The van der Waals surface area contributed by atoms with Crippen LogP contribution in [-0.4, -0.2) is 38.4 Å². The lowest BCUT2D eigenvalue weighted by Gasteiger charge is -2.47. The second kappa shape index (κ2) is 8.39. The fourth-order valence-electron chi connectivity index (χ4n) is 7.22. The Morgan fingerprint density at radius 2 is 1.71 bits per heavy atom. The Labute approximate surface area is 208 Å². The van der Waals surface area contributed by atoms with Crippen molar-refractivity contribution in [3.63, 3.8) is 0 Å². The highest BCUT2D eigenvalue weighted by Crippen LogP contribution is 2.54. The minimum Gasteiger partial charge on any atom is -0.495 e. The molecule has 0 radical (unpaired) electrons. The molecule has 7 rings (SSSR count). The topological polar surface area (TPSA) is 34.2 Å². The van der Waals surface area contributed by atoms with Crippen LogP contribution in [-0.2, 0) is 6.42 Å². The molecule has 5 aliphatic rings. The zero-order chi connectivity index (χ0) is 23.5. The molecule has 1 aliphatic carbocycles. The van der Waals surface area contributed by atoms with Crippen molar-refractivity contribution in [2.24, 2.45) is 11.8 Å². The van der Waals surface area contributed by atoms with Gasteiger partial charge in [0.15, 0.2) is 11.5 Å². The Kier molecular flexibility index (Phi) is 5.14. The van der Waals surface area contributed by atoms with Crippen molar-refractivity contribution in [1.82, 2.24) is 4.90 Å². The number of methoxy groups -OCH3 is 1. The summed E-state index contributed by atoms with van der Waals surface area (Å²) in [7, 11) is 1.84. The summed E-state index contributed by atoms with van der Waals surface area (Å²) in [5, 5.41) is 0. The van der Waals surface area contributed by atoms with Gasteiger partial charge in [-0.25, -0.2) is 0 Å². The van der Waals surface area contributed by atoms with Gasteiger partial charge >= 0.3 is 0 Å². The summed E-state index contributed by atoms with van der Waals surface area (Å²) in [6, 6.07) is 9.34. The van der Waals surface area contributed by atoms with E-state index in [1.165, 1.54) is 72.2 Å². The molecule has 0 amide bonds. The highest BCUT2D eigenvalue weighted by atomic mass is 16.7. The van der Waals surface area contributed by atoms with Crippen LogP contribution in [0, 0.1) is 11.8 Å². The van der Waals surface area contributed by atoms with Gasteiger partial charge in [-0.15, -0.1) is 0 Å². The van der Waals surface area contributed by atoms with Crippen LogP contribution in [0.25, 0.3) is 11.8 Å². The predicted octanol–water partition coefficient (Wildman–Crippen LogP) is 6.26. The molecule has 35 heavy (non-hydrogen) atoms. The van der Waals surface area contributed by atoms with Crippen molar-refractivity contribution in [2.75, 3.05) is 38.4 Å². The summed E-state index contributed by atoms with van der Waals surface area (Å²) < 4.78 is 17.5. The van der Waals surface area contributed by atoms with E-state index in [0.29, 0.717) is 18.8 Å². The molecule has 5 heteroatoms. The Morgan fingerprint density at radius 3 is 2.49 bits per heavy atom. The van der Waals surface area contributed by atoms with Crippen LogP contribution in [0.2, 0.25) is 0 Å². The molecule has 2 aromatic carbocycles. The zero-order valence-corrected chi connectivity index (χ0v) is 21.0. The van der Waals surface area contributed by atoms with E-state index in [-0.39, 0.29) is 0 Å². The number of rotatable bonds is 3. The molecule has 2 fully saturated rings. The third-order valence-corrected chi connectivity index (χ3v) is 9.11. The molecule has 0 N–H and O–H groups in total. The lowest BCUT2D eigenvalue weighted by Crippen LogP contribution is -2.41. The first-order valence-electron chi connectivity index (χ1n) is 13.6. The van der Waals surface area contributed by atoms with Crippen LogP contribution in [0.4, 0.5) is 5.69 Å². The molecule has 5 nitrogen and oxygen atoms in total. The molecule has 0 spiro atoms. The number of hydrogen-bond acceptors (Lipinski definition) is 5. The van der Waals surface area contributed by atoms with Gasteiger partial charge in [0, 0.05) is 36.5 Å². The van der Waals surface area contributed by atoms with Crippen molar-refractivity contribution in [3.05, 3.63) is 46.5 Å². The fourth-order valence-corrected chi connectivity index (χ4v) is 7.22. The van der Waals surface area contributed by atoms with E-state index < -0.39 is 0 Å². The quantitative estimate of drug-likeness (QED) is 0.527. The number of fused-ring (bicyclic) bond motifs is 5. The van der Waals surface area contributed by atoms with Crippen LogP contribution in [0.1, 0.15) is 73.7 Å². The highest BCUT2D eigenvalue weighted by Gasteiger charge is 2.41. The maximum absolute atomic E-state index is 6.03. The molecule has 4 aliphatic heterocycles. The SMILES string of the molecule is COc1ccc2c(c1N1CCC(C)CC1)[C@@H](C1CCCC1)N1CCc3cc4c(cc3C1=C2)OCO4. The predicted molar refractivity (Wildman–Crippen MR) is 139 cm³/mol. The number of hydrogen-bond donors (Lipinski definition) is 0. The summed E-state index contributed by atoms with van der Waals surface area (Å²) in [4.78, 5) is 5.37. The maximum atomic E-state index is 6.03. The van der Waals surface area contributed by atoms with Crippen LogP contribution in [0.3, 0.4) is 0 Å². The number of ether oxygens (including phenoxy) is 3. The molecule has 0 bridgehead atoms. The monoisotopic (exact) mass is 472 g/mol. The Hall–Kier alpha value is -2.82. The number of nitrogens with zero attached hydrogens (tertiary/aromatic N) is 2. The van der Waals surface area contributed by atoms with Gasteiger partial charge in [0.2, 0.25) is 6.79 Å². The molecule has 2 aromatic rings. The molecule has 1 atom stereocenters. The second-order valence-corrected chi connectivity index (χ2v) is 11.1. The van der Waals surface area contributed by atoms with Crippen LogP contribution >= 0.6 is 0 Å². The van der Waals surface area contributed by atoms with Crippen molar-refractivity contribution >= 4 is 17.5 Å². The first-order valence-corrected chi connectivity index (χ1v) is 13.6. The first kappa shape index (κ1) is 21.5. The highest BCUT2D eigenvalue weighted by molar-refractivity contribution is 5.89. The van der Waals surface area contributed by atoms with Crippen LogP contribution in [0.5, 0.6) is 17.2 Å². The van der Waals surface area contributed by atoms with Crippen LogP contribution in [0.15, 0.2) is 24.3 Å². The van der Waals surface area contributed by atoms with Gasteiger partial charge in [0.25, 0.3) is 0 Å².